The van der Waals surface area contributed by atoms with E-state index in [0.29, 0.717) is 11.3 Å². The lowest BCUT2D eigenvalue weighted by atomic mass is 10.2. The highest BCUT2D eigenvalue weighted by molar-refractivity contribution is 7.93. The number of nitrogens with one attached hydrogen (secondary N) is 1. The second-order valence-electron chi connectivity index (χ2n) is 4.15. The summed E-state index contributed by atoms with van der Waals surface area (Å²) < 4.78 is 26.3. The number of sulfonamides is 1. The molecule has 0 bridgehead atoms. The summed E-state index contributed by atoms with van der Waals surface area (Å²) in [6, 6.07) is 9.66. The molecule has 0 aliphatic carbocycles. The zero-order valence-electron chi connectivity index (χ0n) is 11.2. The summed E-state index contributed by atoms with van der Waals surface area (Å²) >= 11 is 0. The van der Waals surface area contributed by atoms with Crippen LogP contribution in [-0.4, -0.2) is 20.4 Å². The van der Waals surface area contributed by atoms with Crippen LogP contribution in [0.3, 0.4) is 0 Å². The van der Waals surface area contributed by atoms with E-state index in [4.69, 9.17) is 11.1 Å². The Kier molecular flexibility index (Phi) is 4.07. The summed E-state index contributed by atoms with van der Waals surface area (Å²) in [6.45, 7) is 0. The Balaban J connectivity index is 2.45. The number of nitrogen functional groups attached to an aromatic ring is 1. The number of benzene rings is 1. The van der Waals surface area contributed by atoms with E-state index < -0.39 is 10.0 Å². The number of aromatic nitrogens is 1. The molecule has 1 heterocycles. The van der Waals surface area contributed by atoms with Gasteiger partial charge in [-0.15, -0.1) is 0 Å². The van der Waals surface area contributed by atoms with E-state index in [0.717, 1.165) is 4.31 Å². The number of nitrogens with two attached hydrogens (primary N) is 1. The highest BCUT2D eigenvalue weighted by Crippen LogP contribution is 2.26. The summed E-state index contributed by atoms with van der Waals surface area (Å²) in [5.74, 6) is 5.33. The van der Waals surface area contributed by atoms with Crippen LogP contribution in [0.2, 0.25) is 0 Å². The summed E-state index contributed by atoms with van der Waals surface area (Å²) in [5, 5.41) is 8.76. The number of rotatable bonds is 4. The summed E-state index contributed by atoms with van der Waals surface area (Å²) in [6.07, 6.45) is 2.67. The maximum Gasteiger partial charge on any atom is 0.267 e. The number of anilines is 2. The molecule has 0 amide bonds. The number of hydrazine groups is 1. The van der Waals surface area contributed by atoms with Crippen LogP contribution in [0.5, 0.6) is 0 Å². The SMILES string of the molecule is CN(c1ccc(C#N)cc1)S(=O)(=O)c1cnccc1NN. The van der Waals surface area contributed by atoms with Crippen LogP contribution in [0.15, 0.2) is 47.6 Å². The number of hydrogen-bond acceptors (Lipinski definition) is 6. The molecule has 2 aromatic rings. The van der Waals surface area contributed by atoms with Crippen LogP contribution < -0.4 is 15.6 Å². The predicted octanol–water partition coefficient (Wildman–Crippen LogP) is 1.06. The summed E-state index contributed by atoms with van der Waals surface area (Å²) in [5.41, 5.74) is 3.48. The van der Waals surface area contributed by atoms with Gasteiger partial charge in [-0.05, 0) is 30.3 Å². The molecule has 0 aliphatic rings. The third-order valence-electron chi connectivity index (χ3n) is 2.94. The number of pyridine rings is 1. The van der Waals surface area contributed by atoms with Crippen LogP contribution in [-0.2, 0) is 10.0 Å². The molecule has 0 atom stereocenters. The third kappa shape index (κ3) is 2.79. The summed E-state index contributed by atoms with van der Waals surface area (Å²) in [7, 11) is -2.39. The normalized spacial score (nSPS) is 10.7. The van der Waals surface area contributed by atoms with Gasteiger partial charge in [0.2, 0.25) is 0 Å². The van der Waals surface area contributed by atoms with E-state index in [1.54, 1.807) is 24.3 Å². The molecule has 21 heavy (non-hydrogen) atoms. The molecule has 1 aromatic carbocycles. The van der Waals surface area contributed by atoms with Crippen molar-refractivity contribution in [2.75, 3.05) is 16.8 Å². The van der Waals surface area contributed by atoms with Gasteiger partial charge in [0.05, 0.1) is 23.0 Å². The lowest BCUT2D eigenvalue weighted by Gasteiger charge is -2.20. The molecule has 108 valence electrons. The smallest absolute Gasteiger partial charge is 0.267 e. The van der Waals surface area contributed by atoms with Crippen LogP contribution >= 0.6 is 0 Å². The Bertz CT molecular complexity index is 781. The second kappa shape index (κ2) is 5.78. The fraction of sp³-hybridized carbons (Fsp3) is 0.0769. The van der Waals surface area contributed by atoms with Crippen molar-refractivity contribution in [2.45, 2.75) is 4.90 Å². The Morgan fingerprint density at radius 2 is 1.95 bits per heavy atom. The number of nitriles is 1. The first-order valence-electron chi connectivity index (χ1n) is 5.90. The van der Waals surface area contributed by atoms with Crippen LogP contribution in [0.4, 0.5) is 11.4 Å². The minimum Gasteiger partial charge on any atom is -0.323 e. The number of hydrogen-bond donors (Lipinski definition) is 2. The largest absolute Gasteiger partial charge is 0.323 e. The van der Waals surface area contributed by atoms with Gasteiger partial charge in [-0.2, -0.15) is 5.26 Å². The number of nitrogens with zero attached hydrogens (tertiary/aromatic N) is 3. The molecule has 0 radical (unpaired) electrons. The minimum absolute atomic E-state index is 0.0284. The Hall–Kier alpha value is -2.63. The molecule has 0 saturated carbocycles. The Morgan fingerprint density at radius 3 is 2.52 bits per heavy atom. The van der Waals surface area contributed by atoms with Gasteiger partial charge >= 0.3 is 0 Å². The quantitative estimate of drug-likeness (QED) is 0.645. The molecule has 0 unspecified atom stereocenters. The van der Waals surface area contributed by atoms with E-state index in [1.807, 2.05) is 6.07 Å². The van der Waals surface area contributed by atoms with Crippen molar-refractivity contribution in [2.24, 2.45) is 5.84 Å². The summed E-state index contributed by atoms with van der Waals surface area (Å²) in [4.78, 5) is 3.79. The van der Waals surface area contributed by atoms with Crippen molar-refractivity contribution >= 4 is 21.4 Å². The molecular formula is C13H13N5O2S. The van der Waals surface area contributed by atoms with Crippen molar-refractivity contribution < 1.29 is 8.42 Å². The van der Waals surface area contributed by atoms with Gasteiger partial charge in [-0.25, -0.2) is 8.42 Å². The first kappa shape index (κ1) is 14.8. The van der Waals surface area contributed by atoms with Gasteiger partial charge in [0.15, 0.2) is 0 Å². The van der Waals surface area contributed by atoms with E-state index in [1.165, 1.54) is 25.5 Å². The van der Waals surface area contributed by atoms with E-state index >= 15 is 0 Å². The van der Waals surface area contributed by atoms with Crippen LogP contribution in [0.1, 0.15) is 5.56 Å². The average Bonchev–Trinajstić information content (AvgIpc) is 2.54. The van der Waals surface area contributed by atoms with Crippen molar-refractivity contribution in [1.82, 2.24) is 4.98 Å². The van der Waals surface area contributed by atoms with Crippen molar-refractivity contribution in [3.63, 3.8) is 0 Å². The first-order chi connectivity index (χ1) is 10.0. The van der Waals surface area contributed by atoms with E-state index in [-0.39, 0.29) is 10.6 Å². The molecule has 1 aromatic heterocycles. The van der Waals surface area contributed by atoms with Crippen molar-refractivity contribution in [3.8, 4) is 6.07 Å². The van der Waals surface area contributed by atoms with E-state index in [2.05, 4.69) is 10.4 Å². The molecular weight excluding hydrogens is 290 g/mol. The standard InChI is InChI=1S/C13H13N5O2S/c1-18(11-4-2-10(8-14)3-5-11)21(19,20)13-9-16-7-6-12(13)17-15/h2-7,9H,15H2,1H3,(H,16,17). The topological polar surface area (TPSA) is 112 Å². The van der Waals surface area contributed by atoms with Crippen LogP contribution in [0, 0.1) is 11.3 Å². The van der Waals surface area contributed by atoms with Gasteiger partial charge < -0.3 is 5.43 Å². The van der Waals surface area contributed by atoms with Gasteiger partial charge in [0.1, 0.15) is 4.90 Å². The molecule has 2 rings (SSSR count). The second-order valence-corrected chi connectivity index (χ2v) is 6.09. The zero-order valence-corrected chi connectivity index (χ0v) is 12.0. The maximum absolute atomic E-state index is 12.6. The fourth-order valence-electron chi connectivity index (χ4n) is 1.74. The van der Waals surface area contributed by atoms with Gasteiger partial charge in [-0.3, -0.25) is 15.1 Å². The third-order valence-corrected chi connectivity index (χ3v) is 4.75. The maximum atomic E-state index is 12.6. The highest BCUT2D eigenvalue weighted by atomic mass is 32.2. The van der Waals surface area contributed by atoms with Gasteiger partial charge in [0.25, 0.3) is 10.0 Å². The van der Waals surface area contributed by atoms with Gasteiger partial charge in [0, 0.05) is 19.4 Å². The Labute approximate surface area is 122 Å². The molecule has 3 N–H and O–H groups in total. The van der Waals surface area contributed by atoms with Crippen molar-refractivity contribution in [1.29, 1.82) is 5.26 Å². The molecule has 8 heteroatoms. The minimum atomic E-state index is -3.81. The zero-order chi connectivity index (χ0) is 15.5. The van der Waals surface area contributed by atoms with E-state index in [9.17, 15) is 8.42 Å². The molecule has 0 fully saturated rings. The molecule has 0 spiro atoms. The lowest BCUT2D eigenvalue weighted by molar-refractivity contribution is 0.594. The molecule has 0 aliphatic heterocycles. The lowest BCUT2D eigenvalue weighted by Crippen LogP contribution is -2.28. The molecule has 7 nitrogen and oxygen atoms in total. The molecule has 0 saturated heterocycles. The van der Waals surface area contributed by atoms with Gasteiger partial charge in [-0.1, -0.05) is 0 Å². The fourth-order valence-corrected chi connectivity index (χ4v) is 3.03. The monoisotopic (exact) mass is 303 g/mol. The first-order valence-corrected chi connectivity index (χ1v) is 7.34. The Morgan fingerprint density at radius 1 is 1.29 bits per heavy atom. The highest BCUT2D eigenvalue weighted by Gasteiger charge is 2.24. The predicted molar refractivity (Wildman–Crippen MR) is 78.8 cm³/mol. The van der Waals surface area contributed by atoms with Crippen LogP contribution in [0.25, 0.3) is 0 Å². The average molecular weight is 303 g/mol. The van der Waals surface area contributed by atoms with Crippen molar-refractivity contribution in [3.05, 3.63) is 48.3 Å².